The predicted octanol–water partition coefficient (Wildman–Crippen LogP) is 5.85. The van der Waals surface area contributed by atoms with E-state index >= 15 is 0 Å². The van der Waals surface area contributed by atoms with Crippen LogP contribution in [0.25, 0.3) is 23.0 Å². The number of aryl methyl sites for hydroxylation is 1. The zero-order valence-corrected chi connectivity index (χ0v) is 18.7. The minimum absolute atomic E-state index is 0.0132. The molecule has 0 N–H and O–H groups in total. The van der Waals surface area contributed by atoms with Gasteiger partial charge in [0.05, 0.1) is 16.3 Å². The molecule has 0 bridgehead atoms. The maximum Gasteiger partial charge on any atom is 0.266 e. The number of hydrogen-bond donors (Lipinski definition) is 0. The lowest BCUT2D eigenvalue weighted by atomic mass is 10.1. The number of nitrogens with zero attached hydrogens (tertiary/aromatic N) is 3. The molecule has 1 fully saturated rings. The fourth-order valence-electron chi connectivity index (χ4n) is 3.29. The van der Waals surface area contributed by atoms with Crippen molar-refractivity contribution in [2.75, 3.05) is 6.54 Å². The molecule has 1 saturated heterocycles. The molecule has 0 unspecified atom stereocenters. The number of rotatable bonds is 6. The first-order chi connectivity index (χ1) is 14.6. The second-order valence-corrected chi connectivity index (χ2v) is 8.94. The van der Waals surface area contributed by atoms with Gasteiger partial charge in [-0.3, -0.25) is 9.69 Å². The molecule has 0 radical (unpaired) electrons. The number of unbranched alkanes of at least 4 members (excludes halogenated alkanes) is 1. The molecule has 2 heterocycles. The van der Waals surface area contributed by atoms with Crippen molar-refractivity contribution in [2.24, 2.45) is 0 Å². The van der Waals surface area contributed by atoms with Gasteiger partial charge in [-0.2, -0.15) is 5.10 Å². The average Bonchev–Trinajstić information content (AvgIpc) is 3.29. The highest BCUT2D eigenvalue weighted by Gasteiger charge is 2.31. The van der Waals surface area contributed by atoms with Gasteiger partial charge in [-0.05, 0) is 31.6 Å². The fourth-order valence-corrected chi connectivity index (χ4v) is 4.59. The van der Waals surface area contributed by atoms with Crippen LogP contribution >= 0.6 is 24.0 Å². The zero-order chi connectivity index (χ0) is 21.1. The van der Waals surface area contributed by atoms with Crippen molar-refractivity contribution in [3.05, 3.63) is 76.8 Å². The van der Waals surface area contributed by atoms with Crippen molar-refractivity contribution < 1.29 is 4.79 Å². The largest absolute Gasteiger partial charge is 0.293 e. The Kier molecular flexibility index (Phi) is 6.16. The van der Waals surface area contributed by atoms with Crippen LogP contribution in [0.15, 0.2) is 65.7 Å². The van der Waals surface area contributed by atoms with Crippen molar-refractivity contribution in [3.8, 4) is 16.9 Å². The molecule has 0 aliphatic carbocycles. The quantitative estimate of drug-likeness (QED) is 0.361. The van der Waals surface area contributed by atoms with Gasteiger partial charge in [-0.25, -0.2) is 4.68 Å². The number of benzene rings is 2. The van der Waals surface area contributed by atoms with Crippen LogP contribution < -0.4 is 0 Å². The molecule has 152 valence electrons. The minimum Gasteiger partial charge on any atom is -0.293 e. The smallest absolute Gasteiger partial charge is 0.266 e. The summed E-state index contributed by atoms with van der Waals surface area (Å²) in [6.45, 7) is 4.85. The van der Waals surface area contributed by atoms with E-state index < -0.39 is 0 Å². The number of amides is 1. The highest BCUT2D eigenvalue weighted by molar-refractivity contribution is 8.26. The minimum atomic E-state index is -0.0132. The number of thiocarbonyl (C=S) groups is 1. The molecule has 0 atom stereocenters. The van der Waals surface area contributed by atoms with E-state index in [9.17, 15) is 4.79 Å². The first-order valence-corrected chi connectivity index (χ1v) is 11.3. The highest BCUT2D eigenvalue weighted by atomic mass is 32.2. The monoisotopic (exact) mass is 433 g/mol. The summed E-state index contributed by atoms with van der Waals surface area (Å²) in [5, 5.41) is 4.84. The van der Waals surface area contributed by atoms with E-state index in [4.69, 9.17) is 17.3 Å². The summed E-state index contributed by atoms with van der Waals surface area (Å²) >= 11 is 6.82. The van der Waals surface area contributed by atoms with Crippen LogP contribution in [0.5, 0.6) is 0 Å². The van der Waals surface area contributed by atoms with Gasteiger partial charge in [0.2, 0.25) is 0 Å². The molecule has 6 heteroatoms. The average molecular weight is 434 g/mol. The number of thioether (sulfide) groups is 1. The molecule has 30 heavy (non-hydrogen) atoms. The van der Waals surface area contributed by atoms with Crippen LogP contribution in [0.2, 0.25) is 0 Å². The molecule has 0 spiro atoms. The Morgan fingerprint density at radius 1 is 1.10 bits per heavy atom. The molecule has 1 aliphatic heterocycles. The van der Waals surface area contributed by atoms with Crippen molar-refractivity contribution in [1.82, 2.24) is 14.7 Å². The van der Waals surface area contributed by atoms with Crippen LogP contribution in [0, 0.1) is 6.92 Å². The maximum atomic E-state index is 12.9. The van der Waals surface area contributed by atoms with E-state index in [-0.39, 0.29) is 5.91 Å². The van der Waals surface area contributed by atoms with E-state index in [0.717, 1.165) is 35.3 Å². The summed E-state index contributed by atoms with van der Waals surface area (Å²) in [5.41, 5.74) is 4.93. The Morgan fingerprint density at radius 2 is 1.83 bits per heavy atom. The lowest BCUT2D eigenvalue weighted by Crippen LogP contribution is -2.28. The molecule has 0 saturated carbocycles. The predicted molar refractivity (Wildman–Crippen MR) is 129 cm³/mol. The van der Waals surface area contributed by atoms with Crippen molar-refractivity contribution in [2.45, 2.75) is 26.7 Å². The Balaban J connectivity index is 1.76. The number of carbonyl (C=O) groups is 1. The van der Waals surface area contributed by atoms with Crippen LogP contribution in [-0.2, 0) is 4.79 Å². The molecular formula is C24H23N3OS2. The van der Waals surface area contributed by atoms with Crippen LogP contribution in [-0.4, -0.2) is 31.5 Å². The normalized spacial score (nSPS) is 15.4. The van der Waals surface area contributed by atoms with Gasteiger partial charge in [-0.15, -0.1) is 0 Å². The summed E-state index contributed by atoms with van der Waals surface area (Å²) in [6.07, 6.45) is 5.87. The Labute approximate surface area is 186 Å². The van der Waals surface area contributed by atoms with Gasteiger partial charge < -0.3 is 0 Å². The third-order valence-electron chi connectivity index (χ3n) is 4.98. The molecule has 1 amide bonds. The van der Waals surface area contributed by atoms with E-state index in [1.165, 1.54) is 17.3 Å². The molecular weight excluding hydrogens is 410 g/mol. The molecule has 1 aromatic heterocycles. The Hall–Kier alpha value is -2.70. The fraction of sp³-hybridized carbons (Fsp3) is 0.208. The number of aromatic nitrogens is 2. The Morgan fingerprint density at radius 3 is 2.53 bits per heavy atom. The molecule has 1 aliphatic rings. The SMILES string of the molecule is CCCCN1C(=O)C(=Cc2cn(-c3ccccc3)nc2-c2ccc(C)cc2)SC1=S. The lowest BCUT2D eigenvalue weighted by molar-refractivity contribution is -0.122. The summed E-state index contributed by atoms with van der Waals surface area (Å²) in [5.74, 6) is -0.0132. The van der Waals surface area contributed by atoms with Crippen LogP contribution in [0.3, 0.4) is 0 Å². The van der Waals surface area contributed by atoms with Crippen LogP contribution in [0.1, 0.15) is 30.9 Å². The summed E-state index contributed by atoms with van der Waals surface area (Å²) < 4.78 is 2.49. The third kappa shape index (κ3) is 4.25. The van der Waals surface area contributed by atoms with Crippen molar-refractivity contribution in [3.63, 3.8) is 0 Å². The molecule has 4 rings (SSSR count). The van der Waals surface area contributed by atoms with Gasteiger partial charge in [0.25, 0.3) is 5.91 Å². The van der Waals surface area contributed by atoms with E-state index in [2.05, 4.69) is 38.1 Å². The first-order valence-electron chi connectivity index (χ1n) is 10.0. The standard InChI is InChI=1S/C24H23N3OS2/c1-3-4-14-26-23(28)21(30-24(26)29)15-19-16-27(20-8-6-5-7-9-20)25-22(19)18-12-10-17(2)11-13-18/h5-13,15-16H,3-4,14H2,1-2H3. The first kappa shape index (κ1) is 20.6. The summed E-state index contributed by atoms with van der Waals surface area (Å²) in [6, 6.07) is 18.3. The lowest BCUT2D eigenvalue weighted by Gasteiger charge is -2.12. The second kappa shape index (κ2) is 8.98. The van der Waals surface area contributed by atoms with Gasteiger partial charge in [0, 0.05) is 23.9 Å². The van der Waals surface area contributed by atoms with Crippen molar-refractivity contribution >= 4 is 40.3 Å². The maximum absolute atomic E-state index is 12.9. The van der Waals surface area contributed by atoms with E-state index in [1.54, 1.807) is 4.90 Å². The van der Waals surface area contributed by atoms with Gasteiger partial charge in [0.15, 0.2) is 0 Å². The van der Waals surface area contributed by atoms with Crippen molar-refractivity contribution in [1.29, 1.82) is 0 Å². The van der Waals surface area contributed by atoms with Gasteiger partial charge in [0.1, 0.15) is 4.32 Å². The van der Waals surface area contributed by atoms with E-state index in [0.29, 0.717) is 15.8 Å². The number of hydrogen-bond acceptors (Lipinski definition) is 4. The zero-order valence-electron chi connectivity index (χ0n) is 17.0. The van der Waals surface area contributed by atoms with Gasteiger partial charge >= 0.3 is 0 Å². The molecule has 3 aromatic rings. The highest BCUT2D eigenvalue weighted by Crippen LogP contribution is 2.35. The number of carbonyl (C=O) groups excluding carboxylic acids is 1. The topological polar surface area (TPSA) is 38.1 Å². The van der Waals surface area contributed by atoms with E-state index in [1.807, 2.05) is 47.3 Å². The summed E-state index contributed by atoms with van der Waals surface area (Å²) in [7, 11) is 0. The molecule has 4 nitrogen and oxygen atoms in total. The number of para-hydroxylation sites is 1. The third-order valence-corrected chi connectivity index (χ3v) is 6.36. The van der Waals surface area contributed by atoms with Gasteiger partial charge in [-0.1, -0.05) is 85.4 Å². The Bertz CT molecular complexity index is 1100. The molecule has 2 aromatic carbocycles. The second-order valence-electron chi connectivity index (χ2n) is 7.27. The van der Waals surface area contributed by atoms with Crippen LogP contribution in [0.4, 0.5) is 0 Å². The summed E-state index contributed by atoms with van der Waals surface area (Å²) in [4.78, 5) is 15.3.